The minimum Gasteiger partial charge on any atom is -0.507 e. The second-order valence-electron chi connectivity index (χ2n) is 2.29. The van der Waals surface area contributed by atoms with Crippen LogP contribution in [-0.4, -0.2) is 21.9 Å². The summed E-state index contributed by atoms with van der Waals surface area (Å²) in [6.07, 6.45) is 2.90. The van der Waals surface area contributed by atoms with Crippen LogP contribution in [0.5, 0.6) is 11.5 Å². The van der Waals surface area contributed by atoms with Gasteiger partial charge in [-0.1, -0.05) is 12.1 Å². The molecule has 0 heterocycles. The highest BCUT2D eigenvalue weighted by atomic mass is 16.3. The molecule has 0 spiro atoms. The van der Waals surface area contributed by atoms with Crippen LogP contribution in [0.4, 0.5) is 0 Å². The number of hydrogen-bond acceptors (Lipinski definition) is 3. The number of phenols is 2. The van der Waals surface area contributed by atoms with Crippen LogP contribution in [-0.2, 0) is 0 Å². The van der Waals surface area contributed by atoms with E-state index in [2.05, 4.69) is 0 Å². The zero-order valence-electron chi connectivity index (χ0n) is 6.44. The van der Waals surface area contributed by atoms with Gasteiger partial charge in [0.2, 0.25) is 0 Å². The van der Waals surface area contributed by atoms with Crippen LogP contribution in [0.3, 0.4) is 0 Å². The Kier molecular flexibility index (Phi) is 2.71. The van der Waals surface area contributed by atoms with Crippen LogP contribution in [0, 0.1) is 0 Å². The first-order valence-electron chi connectivity index (χ1n) is 3.54. The molecule has 0 atom stereocenters. The van der Waals surface area contributed by atoms with Crippen molar-refractivity contribution in [1.82, 2.24) is 0 Å². The van der Waals surface area contributed by atoms with Gasteiger partial charge in [0.05, 0.1) is 12.2 Å². The van der Waals surface area contributed by atoms with Gasteiger partial charge >= 0.3 is 0 Å². The van der Waals surface area contributed by atoms with Crippen LogP contribution in [0.15, 0.2) is 24.3 Å². The second-order valence-corrected chi connectivity index (χ2v) is 2.29. The Morgan fingerprint density at radius 1 is 1.17 bits per heavy atom. The maximum absolute atomic E-state index is 9.23. The highest BCUT2D eigenvalue weighted by Gasteiger charge is 2.01. The molecule has 0 aliphatic carbocycles. The van der Waals surface area contributed by atoms with Gasteiger partial charge in [-0.3, -0.25) is 0 Å². The molecule has 3 nitrogen and oxygen atoms in total. The Morgan fingerprint density at radius 3 is 2.25 bits per heavy atom. The number of phenolic OH excluding ortho intramolecular Hbond substituents is 2. The lowest BCUT2D eigenvalue weighted by atomic mass is 10.1. The molecule has 1 rings (SSSR count). The molecule has 1 aromatic carbocycles. The van der Waals surface area contributed by atoms with Crippen molar-refractivity contribution in [2.75, 3.05) is 6.61 Å². The Balaban J connectivity index is 3.04. The van der Waals surface area contributed by atoms with Crippen LogP contribution < -0.4 is 0 Å². The SMILES string of the molecule is OCC=Cc1c(O)cccc1O. The van der Waals surface area contributed by atoms with E-state index in [0.717, 1.165) is 0 Å². The fourth-order valence-corrected chi connectivity index (χ4v) is 0.882. The average molecular weight is 166 g/mol. The van der Waals surface area contributed by atoms with Gasteiger partial charge in [0.15, 0.2) is 0 Å². The van der Waals surface area contributed by atoms with Crippen molar-refractivity contribution in [3.8, 4) is 11.5 Å². The van der Waals surface area contributed by atoms with Crippen LogP contribution in [0.1, 0.15) is 5.56 Å². The normalized spacial score (nSPS) is 10.8. The summed E-state index contributed by atoms with van der Waals surface area (Å²) < 4.78 is 0. The Bertz CT molecular complexity index is 272. The topological polar surface area (TPSA) is 60.7 Å². The fourth-order valence-electron chi connectivity index (χ4n) is 0.882. The van der Waals surface area contributed by atoms with E-state index in [1.165, 1.54) is 24.3 Å². The van der Waals surface area contributed by atoms with Crippen molar-refractivity contribution in [3.05, 3.63) is 29.8 Å². The van der Waals surface area contributed by atoms with Crippen LogP contribution in [0.25, 0.3) is 6.08 Å². The Hall–Kier alpha value is -1.48. The van der Waals surface area contributed by atoms with Crippen molar-refractivity contribution in [3.63, 3.8) is 0 Å². The smallest absolute Gasteiger partial charge is 0.126 e. The number of aromatic hydroxyl groups is 2. The highest BCUT2D eigenvalue weighted by molar-refractivity contribution is 5.63. The van der Waals surface area contributed by atoms with Gasteiger partial charge in [0, 0.05) is 0 Å². The molecule has 3 N–H and O–H groups in total. The zero-order chi connectivity index (χ0) is 8.97. The predicted molar refractivity (Wildman–Crippen MR) is 45.9 cm³/mol. The lowest BCUT2D eigenvalue weighted by molar-refractivity contribution is 0.343. The van der Waals surface area contributed by atoms with Gasteiger partial charge in [-0.15, -0.1) is 0 Å². The molecule has 12 heavy (non-hydrogen) atoms. The van der Waals surface area contributed by atoms with Gasteiger partial charge in [-0.25, -0.2) is 0 Å². The number of benzene rings is 1. The second kappa shape index (κ2) is 3.78. The minimum absolute atomic E-state index is 0.000278. The molecule has 0 saturated carbocycles. The summed E-state index contributed by atoms with van der Waals surface area (Å²) in [6, 6.07) is 4.48. The van der Waals surface area contributed by atoms with Crippen molar-refractivity contribution in [2.45, 2.75) is 0 Å². The summed E-state index contributed by atoms with van der Waals surface area (Å²) in [5, 5.41) is 26.9. The summed E-state index contributed by atoms with van der Waals surface area (Å²) in [4.78, 5) is 0. The quantitative estimate of drug-likeness (QED) is 0.616. The van der Waals surface area contributed by atoms with E-state index >= 15 is 0 Å². The van der Waals surface area contributed by atoms with Gasteiger partial charge in [0.1, 0.15) is 11.5 Å². The first-order valence-corrected chi connectivity index (χ1v) is 3.54. The van der Waals surface area contributed by atoms with Crippen LogP contribution in [0.2, 0.25) is 0 Å². The maximum Gasteiger partial charge on any atom is 0.126 e. The molecule has 0 amide bonds. The zero-order valence-corrected chi connectivity index (χ0v) is 6.44. The largest absolute Gasteiger partial charge is 0.507 e. The molecule has 0 aromatic heterocycles. The Morgan fingerprint density at radius 2 is 1.75 bits per heavy atom. The van der Waals surface area contributed by atoms with Crippen molar-refractivity contribution < 1.29 is 15.3 Å². The molecule has 0 aliphatic heterocycles. The summed E-state index contributed by atoms with van der Waals surface area (Å²) in [7, 11) is 0. The van der Waals surface area contributed by atoms with E-state index in [1.54, 1.807) is 6.07 Å². The molecular formula is C9H10O3. The summed E-state index contributed by atoms with van der Waals surface area (Å²) in [5.41, 5.74) is 0.326. The third-order valence-electron chi connectivity index (χ3n) is 1.45. The van der Waals surface area contributed by atoms with E-state index in [1.807, 2.05) is 0 Å². The molecule has 64 valence electrons. The van der Waals surface area contributed by atoms with Crippen LogP contribution >= 0.6 is 0 Å². The van der Waals surface area contributed by atoms with Gasteiger partial charge in [-0.2, -0.15) is 0 Å². The summed E-state index contributed by atoms with van der Waals surface area (Å²) in [6.45, 7) is -0.117. The lowest BCUT2D eigenvalue weighted by Gasteiger charge is -2.00. The monoisotopic (exact) mass is 166 g/mol. The fraction of sp³-hybridized carbons (Fsp3) is 0.111. The molecule has 0 fully saturated rings. The van der Waals surface area contributed by atoms with E-state index in [-0.39, 0.29) is 18.1 Å². The molecule has 0 radical (unpaired) electrons. The molecule has 1 aromatic rings. The summed E-state index contributed by atoms with van der Waals surface area (Å²) >= 11 is 0. The minimum atomic E-state index is -0.117. The van der Waals surface area contributed by atoms with E-state index in [0.29, 0.717) is 5.56 Å². The molecule has 0 aliphatic rings. The van der Waals surface area contributed by atoms with Crippen molar-refractivity contribution >= 4 is 6.08 Å². The van der Waals surface area contributed by atoms with E-state index in [9.17, 15) is 10.2 Å². The molecule has 0 saturated heterocycles. The van der Waals surface area contributed by atoms with E-state index < -0.39 is 0 Å². The van der Waals surface area contributed by atoms with Gasteiger partial charge in [-0.05, 0) is 18.2 Å². The van der Waals surface area contributed by atoms with Crippen molar-refractivity contribution in [1.29, 1.82) is 0 Å². The third kappa shape index (κ3) is 1.77. The maximum atomic E-state index is 9.23. The molecule has 3 heteroatoms. The number of rotatable bonds is 2. The lowest BCUT2D eigenvalue weighted by Crippen LogP contribution is -1.77. The first-order chi connectivity index (χ1) is 5.75. The summed E-state index contributed by atoms with van der Waals surface area (Å²) in [5.74, 6) is -0.000556. The molecule has 0 unspecified atom stereocenters. The predicted octanol–water partition coefficient (Wildman–Crippen LogP) is 1.10. The first kappa shape index (κ1) is 8.62. The van der Waals surface area contributed by atoms with Gasteiger partial charge in [0.25, 0.3) is 0 Å². The highest BCUT2D eigenvalue weighted by Crippen LogP contribution is 2.27. The van der Waals surface area contributed by atoms with Crippen molar-refractivity contribution in [2.24, 2.45) is 0 Å². The molecule has 0 bridgehead atoms. The number of aliphatic hydroxyl groups excluding tert-OH is 1. The van der Waals surface area contributed by atoms with E-state index in [4.69, 9.17) is 5.11 Å². The Labute approximate surface area is 70.2 Å². The number of hydrogen-bond donors (Lipinski definition) is 3. The third-order valence-corrected chi connectivity index (χ3v) is 1.45. The molecular weight excluding hydrogens is 156 g/mol. The van der Waals surface area contributed by atoms with Gasteiger partial charge < -0.3 is 15.3 Å². The standard InChI is InChI=1S/C9H10O3/c10-6-2-3-7-8(11)4-1-5-9(7)12/h1-5,10-12H,6H2. The average Bonchev–Trinajstić information content (AvgIpc) is 2.04. The number of aliphatic hydroxyl groups is 1.